The van der Waals surface area contributed by atoms with Gasteiger partial charge in [0.15, 0.2) is 0 Å². The van der Waals surface area contributed by atoms with Crippen LogP contribution in [-0.2, 0) is 16.1 Å². The molecule has 2 atom stereocenters. The third-order valence-corrected chi connectivity index (χ3v) is 4.39. The Kier molecular flexibility index (Phi) is 4.42. The number of halogens is 2. The first-order chi connectivity index (χ1) is 10.2. The SMILES string of the molecule is O=C(CCl)N1CC2COCC(C1)N2Cc1ccc(F)cc1. The molecule has 21 heavy (non-hydrogen) atoms. The summed E-state index contributed by atoms with van der Waals surface area (Å²) in [7, 11) is 0. The smallest absolute Gasteiger partial charge is 0.237 e. The monoisotopic (exact) mass is 312 g/mol. The second-order valence-electron chi connectivity index (χ2n) is 5.58. The molecule has 0 radical (unpaired) electrons. The van der Waals surface area contributed by atoms with Gasteiger partial charge in [0, 0.05) is 19.6 Å². The van der Waals surface area contributed by atoms with Crippen molar-refractivity contribution in [1.82, 2.24) is 9.80 Å². The van der Waals surface area contributed by atoms with Crippen LogP contribution in [0.2, 0.25) is 0 Å². The van der Waals surface area contributed by atoms with E-state index in [9.17, 15) is 9.18 Å². The summed E-state index contributed by atoms with van der Waals surface area (Å²) in [5.41, 5.74) is 1.07. The molecule has 6 heteroatoms. The maximum absolute atomic E-state index is 13.0. The summed E-state index contributed by atoms with van der Waals surface area (Å²) in [6, 6.07) is 6.93. The van der Waals surface area contributed by atoms with Crippen LogP contribution in [0.4, 0.5) is 4.39 Å². The topological polar surface area (TPSA) is 32.8 Å². The van der Waals surface area contributed by atoms with Gasteiger partial charge in [-0.1, -0.05) is 12.1 Å². The molecule has 1 aromatic carbocycles. The number of hydrogen-bond donors (Lipinski definition) is 0. The van der Waals surface area contributed by atoms with E-state index in [1.54, 1.807) is 0 Å². The fraction of sp³-hybridized carbons (Fsp3) is 0.533. The maximum Gasteiger partial charge on any atom is 0.237 e. The molecule has 2 heterocycles. The molecule has 0 N–H and O–H groups in total. The van der Waals surface area contributed by atoms with Crippen LogP contribution in [0.25, 0.3) is 0 Å². The van der Waals surface area contributed by atoms with E-state index in [0.29, 0.717) is 26.3 Å². The van der Waals surface area contributed by atoms with Gasteiger partial charge in [0.05, 0.1) is 25.3 Å². The van der Waals surface area contributed by atoms with Crippen LogP contribution >= 0.6 is 11.6 Å². The molecule has 4 nitrogen and oxygen atoms in total. The second kappa shape index (κ2) is 6.30. The molecule has 0 aliphatic carbocycles. The molecule has 0 spiro atoms. The first-order valence-corrected chi connectivity index (χ1v) is 7.62. The zero-order chi connectivity index (χ0) is 14.8. The van der Waals surface area contributed by atoms with Gasteiger partial charge in [-0.3, -0.25) is 9.69 Å². The summed E-state index contributed by atoms with van der Waals surface area (Å²) < 4.78 is 18.6. The van der Waals surface area contributed by atoms with Crippen molar-refractivity contribution in [2.24, 2.45) is 0 Å². The van der Waals surface area contributed by atoms with Crippen LogP contribution in [0, 0.1) is 5.82 Å². The minimum absolute atomic E-state index is 0.0185. The summed E-state index contributed by atoms with van der Waals surface area (Å²) in [5, 5.41) is 0. The van der Waals surface area contributed by atoms with Crippen LogP contribution < -0.4 is 0 Å². The van der Waals surface area contributed by atoms with Gasteiger partial charge in [0.25, 0.3) is 0 Å². The molecule has 2 unspecified atom stereocenters. The number of alkyl halides is 1. The Morgan fingerprint density at radius 1 is 1.24 bits per heavy atom. The number of fused-ring (bicyclic) bond motifs is 2. The minimum atomic E-state index is -0.222. The van der Waals surface area contributed by atoms with Gasteiger partial charge in [0.1, 0.15) is 11.7 Å². The molecular weight excluding hydrogens is 295 g/mol. The molecule has 3 rings (SSSR count). The number of carbonyl (C=O) groups excluding carboxylic acids is 1. The van der Waals surface area contributed by atoms with Crippen LogP contribution in [0.1, 0.15) is 5.56 Å². The standard InChI is InChI=1S/C15H18ClFN2O2/c16-5-15(20)18-7-13-9-21-10-14(8-18)19(13)6-11-1-3-12(17)4-2-11/h1-4,13-14H,5-10H2. The summed E-state index contributed by atoms with van der Waals surface area (Å²) in [6.07, 6.45) is 0. The van der Waals surface area contributed by atoms with Gasteiger partial charge in [-0.05, 0) is 17.7 Å². The first kappa shape index (κ1) is 14.8. The van der Waals surface area contributed by atoms with Crippen molar-refractivity contribution in [1.29, 1.82) is 0 Å². The number of rotatable bonds is 3. The zero-order valence-electron chi connectivity index (χ0n) is 11.7. The lowest BCUT2D eigenvalue weighted by atomic mass is 10.0. The zero-order valence-corrected chi connectivity index (χ0v) is 12.4. The lowest BCUT2D eigenvalue weighted by Gasteiger charge is -2.49. The summed E-state index contributed by atoms with van der Waals surface area (Å²) in [4.78, 5) is 16.0. The number of piperazine rings is 1. The predicted octanol–water partition coefficient (Wildman–Crippen LogP) is 1.48. The molecule has 0 saturated carbocycles. The number of amides is 1. The Morgan fingerprint density at radius 3 is 2.43 bits per heavy atom. The summed E-state index contributed by atoms with van der Waals surface area (Å²) in [6.45, 7) is 3.27. The number of morpholine rings is 1. The number of ether oxygens (including phenoxy) is 1. The first-order valence-electron chi connectivity index (χ1n) is 7.09. The van der Waals surface area contributed by atoms with E-state index >= 15 is 0 Å². The number of hydrogen-bond acceptors (Lipinski definition) is 3. The van der Waals surface area contributed by atoms with Crippen molar-refractivity contribution >= 4 is 17.5 Å². The number of carbonyl (C=O) groups is 1. The van der Waals surface area contributed by atoms with Crippen LogP contribution in [0.3, 0.4) is 0 Å². The van der Waals surface area contributed by atoms with Crippen molar-refractivity contribution in [2.75, 3.05) is 32.2 Å². The Balaban J connectivity index is 1.71. The molecular formula is C15H18ClFN2O2. The van der Waals surface area contributed by atoms with E-state index in [2.05, 4.69) is 4.90 Å². The second-order valence-corrected chi connectivity index (χ2v) is 5.84. The van der Waals surface area contributed by atoms with E-state index in [4.69, 9.17) is 16.3 Å². The van der Waals surface area contributed by atoms with E-state index in [0.717, 1.165) is 12.1 Å². The van der Waals surface area contributed by atoms with Crippen LogP contribution in [0.15, 0.2) is 24.3 Å². The molecule has 2 aliphatic rings. The highest BCUT2D eigenvalue weighted by Gasteiger charge is 2.39. The molecule has 2 fully saturated rings. The highest BCUT2D eigenvalue weighted by Crippen LogP contribution is 2.24. The molecule has 1 amide bonds. The van der Waals surface area contributed by atoms with E-state index in [-0.39, 0.29) is 29.7 Å². The highest BCUT2D eigenvalue weighted by atomic mass is 35.5. The van der Waals surface area contributed by atoms with Gasteiger partial charge in [-0.15, -0.1) is 11.6 Å². The third kappa shape index (κ3) is 3.20. The Hall–Kier alpha value is -1.17. The van der Waals surface area contributed by atoms with Crippen molar-refractivity contribution in [2.45, 2.75) is 18.6 Å². The normalized spacial score (nSPS) is 25.9. The predicted molar refractivity (Wildman–Crippen MR) is 77.6 cm³/mol. The van der Waals surface area contributed by atoms with Gasteiger partial charge in [-0.2, -0.15) is 0 Å². The largest absolute Gasteiger partial charge is 0.378 e. The van der Waals surface area contributed by atoms with E-state index in [1.165, 1.54) is 12.1 Å². The lowest BCUT2D eigenvalue weighted by molar-refractivity contribution is -0.143. The number of nitrogens with zero attached hydrogens (tertiary/aromatic N) is 2. The van der Waals surface area contributed by atoms with Gasteiger partial charge >= 0.3 is 0 Å². The third-order valence-electron chi connectivity index (χ3n) is 4.17. The molecule has 1 aromatic rings. The van der Waals surface area contributed by atoms with Crippen molar-refractivity contribution in [3.05, 3.63) is 35.6 Å². The van der Waals surface area contributed by atoms with Gasteiger partial charge in [0.2, 0.25) is 5.91 Å². The number of benzene rings is 1. The molecule has 2 aliphatic heterocycles. The maximum atomic E-state index is 13.0. The van der Waals surface area contributed by atoms with Crippen molar-refractivity contribution < 1.29 is 13.9 Å². The van der Waals surface area contributed by atoms with E-state index < -0.39 is 0 Å². The fourth-order valence-electron chi connectivity index (χ4n) is 3.08. The van der Waals surface area contributed by atoms with Gasteiger partial charge in [-0.25, -0.2) is 4.39 Å². The molecule has 2 saturated heterocycles. The van der Waals surface area contributed by atoms with Crippen LogP contribution in [-0.4, -0.2) is 60.0 Å². The van der Waals surface area contributed by atoms with Crippen molar-refractivity contribution in [3.63, 3.8) is 0 Å². The summed E-state index contributed by atoms with van der Waals surface area (Å²) in [5.74, 6) is -0.215. The molecule has 2 bridgehead atoms. The average molecular weight is 313 g/mol. The Bertz CT molecular complexity index is 497. The molecule has 114 valence electrons. The van der Waals surface area contributed by atoms with E-state index in [1.807, 2.05) is 17.0 Å². The lowest BCUT2D eigenvalue weighted by Crippen LogP contribution is -2.65. The highest BCUT2D eigenvalue weighted by molar-refractivity contribution is 6.27. The van der Waals surface area contributed by atoms with Crippen molar-refractivity contribution in [3.8, 4) is 0 Å². The minimum Gasteiger partial charge on any atom is -0.378 e. The summed E-state index contributed by atoms with van der Waals surface area (Å²) >= 11 is 5.65. The van der Waals surface area contributed by atoms with Crippen LogP contribution in [0.5, 0.6) is 0 Å². The molecule has 0 aromatic heterocycles. The fourth-order valence-corrected chi connectivity index (χ4v) is 3.24. The average Bonchev–Trinajstić information content (AvgIpc) is 2.48. The quantitative estimate of drug-likeness (QED) is 0.793. The Labute approximate surface area is 128 Å². The van der Waals surface area contributed by atoms with Gasteiger partial charge < -0.3 is 9.64 Å². The Morgan fingerprint density at radius 2 is 1.86 bits per heavy atom.